The Labute approximate surface area is 175 Å². The van der Waals surface area contributed by atoms with E-state index in [0.717, 1.165) is 18.7 Å². The van der Waals surface area contributed by atoms with E-state index in [1.165, 1.54) is 19.2 Å². The SMILES string of the molecule is CNC(=O)c1nc2cc(CCNC(=O)Nc3cccc(C(F)(F)F)c3OC)ccc2[nH]1. The van der Waals surface area contributed by atoms with Crippen LogP contribution in [0.1, 0.15) is 21.7 Å². The van der Waals surface area contributed by atoms with Crippen LogP contribution in [0.4, 0.5) is 23.7 Å². The van der Waals surface area contributed by atoms with E-state index in [-0.39, 0.29) is 24.0 Å². The number of methoxy groups -OCH3 is 1. The fraction of sp³-hybridized carbons (Fsp3) is 0.250. The Morgan fingerprint density at radius 2 is 1.97 bits per heavy atom. The monoisotopic (exact) mass is 435 g/mol. The van der Waals surface area contributed by atoms with Crippen molar-refractivity contribution in [1.29, 1.82) is 0 Å². The number of alkyl halides is 3. The van der Waals surface area contributed by atoms with Crippen LogP contribution >= 0.6 is 0 Å². The molecule has 0 aliphatic heterocycles. The molecule has 3 rings (SSSR count). The molecule has 164 valence electrons. The number of amides is 3. The number of ether oxygens (including phenoxy) is 1. The van der Waals surface area contributed by atoms with Crippen molar-refractivity contribution >= 4 is 28.7 Å². The van der Waals surface area contributed by atoms with Gasteiger partial charge in [0.2, 0.25) is 0 Å². The molecule has 0 bridgehead atoms. The van der Waals surface area contributed by atoms with Gasteiger partial charge < -0.3 is 25.7 Å². The molecule has 0 fully saturated rings. The molecule has 0 atom stereocenters. The number of aromatic nitrogens is 2. The number of carbonyl (C=O) groups excluding carboxylic acids is 2. The van der Waals surface area contributed by atoms with E-state index < -0.39 is 23.5 Å². The maximum Gasteiger partial charge on any atom is 0.420 e. The first-order valence-corrected chi connectivity index (χ1v) is 9.22. The number of fused-ring (bicyclic) bond motifs is 1. The first-order valence-electron chi connectivity index (χ1n) is 9.22. The van der Waals surface area contributed by atoms with Gasteiger partial charge in [0, 0.05) is 13.6 Å². The van der Waals surface area contributed by atoms with Crippen LogP contribution in [0.15, 0.2) is 36.4 Å². The standard InChI is InChI=1S/C20H20F3N5O3/c1-24-18(29)17-26-13-7-6-11(10-15(13)27-17)8-9-25-19(30)28-14-5-3-4-12(16(14)31-2)20(21,22)23/h3-7,10H,8-9H2,1-2H3,(H,24,29)(H,26,27)(H2,25,28,30). The number of H-pyrrole nitrogens is 1. The molecule has 0 radical (unpaired) electrons. The topological polar surface area (TPSA) is 108 Å². The Morgan fingerprint density at radius 1 is 1.19 bits per heavy atom. The van der Waals surface area contributed by atoms with Gasteiger partial charge in [-0.2, -0.15) is 13.2 Å². The Balaban J connectivity index is 1.61. The third kappa shape index (κ3) is 5.05. The van der Waals surface area contributed by atoms with Crippen molar-refractivity contribution < 1.29 is 27.5 Å². The zero-order valence-corrected chi connectivity index (χ0v) is 16.7. The maximum absolute atomic E-state index is 13.1. The Kier molecular flexibility index (Phi) is 6.33. The summed E-state index contributed by atoms with van der Waals surface area (Å²) in [7, 11) is 2.61. The molecule has 0 aliphatic rings. The Morgan fingerprint density at radius 3 is 2.65 bits per heavy atom. The van der Waals surface area contributed by atoms with Gasteiger partial charge in [-0.15, -0.1) is 0 Å². The predicted octanol–water partition coefficient (Wildman–Crippen LogP) is 3.31. The second-order valence-corrected chi connectivity index (χ2v) is 6.53. The fourth-order valence-electron chi connectivity index (χ4n) is 3.00. The van der Waals surface area contributed by atoms with Crippen LogP contribution in [0.5, 0.6) is 5.75 Å². The van der Waals surface area contributed by atoms with E-state index in [1.54, 1.807) is 12.1 Å². The smallest absolute Gasteiger partial charge is 0.420 e. The van der Waals surface area contributed by atoms with E-state index in [2.05, 4.69) is 25.9 Å². The van der Waals surface area contributed by atoms with Gasteiger partial charge in [-0.05, 0) is 36.2 Å². The molecule has 11 heteroatoms. The summed E-state index contributed by atoms with van der Waals surface area (Å²) in [5.74, 6) is -0.593. The molecule has 31 heavy (non-hydrogen) atoms. The van der Waals surface area contributed by atoms with Gasteiger partial charge in [-0.3, -0.25) is 4.79 Å². The normalized spacial score (nSPS) is 11.3. The summed E-state index contributed by atoms with van der Waals surface area (Å²) in [6.07, 6.45) is -4.16. The summed E-state index contributed by atoms with van der Waals surface area (Å²) in [5.41, 5.74) is 1.10. The van der Waals surface area contributed by atoms with Gasteiger partial charge in [0.25, 0.3) is 5.91 Å². The molecule has 2 aromatic carbocycles. The Hall–Kier alpha value is -3.76. The molecule has 3 aromatic rings. The van der Waals surface area contributed by atoms with Gasteiger partial charge in [0.15, 0.2) is 11.6 Å². The zero-order chi connectivity index (χ0) is 22.6. The summed E-state index contributed by atoms with van der Waals surface area (Å²) >= 11 is 0. The molecule has 0 unspecified atom stereocenters. The third-order valence-corrected chi connectivity index (χ3v) is 4.46. The van der Waals surface area contributed by atoms with Crippen LogP contribution in [-0.2, 0) is 12.6 Å². The number of urea groups is 1. The summed E-state index contributed by atoms with van der Waals surface area (Å²) in [5, 5.41) is 7.45. The molecule has 3 amide bonds. The van der Waals surface area contributed by atoms with Gasteiger partial charge >= 0.3 is 12.2 Å². The average Bonchev–Trinajstić information content (AvgIpc) is 3.15. The largest absolute Gasteiger partial charge is 0.494 e. The average molecular weight is 435 g/mol. The number of para-hydroxylation sites is 1. The summed E-state index contributed by atoms with van der Waals surface area (Å²) < 4.78 is 44.1. The van der Waals surface area contributed by atoms with Crippen LogP contribution in [-0.4, -0.2) is 42.6 Å². The second kappa shape index (κ2) is 8.94. The predicted molar refractivity (Wildman–Crippen MR) is 108 cm³/mol. The van der Waals surface area contributed by atoms with Crippen molar-refractivity contribution in [2.24, 2.45) is 0 Å². The van der Waals surface area contributed by atoms with Crippen molar-refractivity contribution in [2.75, 3.05) is 26.0 Å². The fourth-order valence-corrected chi connectivity index (χ4v) is 3.00. The number of rotatable bonds is 6. The molecule has 0 spiro atoms. The first-order chi connectivity index (χ1) is 14.7. The van der Waals surface area contributed by atoms with Gasteiger partial charge in [-0.25, -0.2) is 9.78 Å². The van der Waals surface area contributed by atoms with Gasteiger partial charge in [0.1, 0.15) is 0 Å². The van der Waals surface area contributed by atoms with Crippen LogP contribution < -0.4 is 20.7 Å². The molecule has 0 aliphatic carbocycles. The minimum Gasteiger partial charge on any atom is -0.494 e. The number of hydrogen-bond acceptors (Lipinski definition) is 4. The number of nitrogens with zero attached hydrogens (tertiary/aromatic N) is 1. The lowest BCUT2D eigenvalue weighted by Gasteiger charge is -2.16. The van der Waals surface area contributed by atoms with Crippen molar-refractivity contribution in [3.8, 4) is 5.75 Å². The number of anilines is 1. The van der Waals surface area contributed by atoms with Gasteiger partial charge in [-0.1, -0.05) is 12.1 Å². The highest BCUT2D eigenvalue weighted by atomic mass is 19.4. The number of halogens is 3. The van der Waals surface area contributed by atoms with Crippen molar-refractivity contribution in [3.05, 3.63) is 53.3 Å². The third-order valence-electron chi connectivity index (χ3n) is 4.46. The number of benzene rings is 2. The quantitative estimate of drug-likeness (QED) is 0.476. The van der Waals surface area contributed by atoms with E-state index in [0.29, 0.717) is 17.5 Å². The number of nitrogens with one attached hydrogen (secondary N) is 4. The van der Waals surface area contributed by atoms with E-state index >= 15 is 0 Å². The highest BCUT2D eigenvalue weighted by molar-refractivity contribution is 5.94. The van der Waals surface area contributed by atoms with Crippen LogP contribution in [0.2, 0.25) is 0 Å². The lowest BCUT2D eigenvalue weighted by molar-refractivity contribution is -0.138. The zero-order valence-electron chi connectivity index (χ0n) is 16.7. The minimum absolute atomic E-state index is 0.0884. The molecule has 0 saturated carbocycles. The van der Waals surface area contributed by atoms with Gasteiger partial charge in [0.05, 0.1) is 29.4 Å². The summed E-state index contributed by atoms with van der Waals surface area (Å²) in [6.45, 7) is 0.228. The maximum atomic E-state index is 13.1. The second-order valence-electron chi connectivity index (χ2n) is 6.53. The van der Waals surface area contributed by atoms with Crippen LogP contribution in [0, 0.1) is 0 Å². The van der Waals surface area contributed by atoms with Crippen molar-refractivity contribution in [1.82, 2.24) is 20.6 Å². The highest BCUT2D eigenvalue weighted by Crippen LogP contribution is 2.40. The first kappa shape index (κ1) is 21.9. The van der Waals surface area contributed by atoms with E-state index in [4.69, 9.17) is 4.74 Å². The lowest BCUT2D eigenvalue weighted by Crippen LogP contribution is -2.30. The van der Waals surface area contributed by atoms with E-state index in [1.807, 2.05) is 6.07 Å². The highest BCUT2D eigenvalue weighted by Gasteiger charge is 2.35. The minimum atomic E-state index is -4.61. The number of hydrogen-bond donors (Lipinski definition) is 4. The molecule has 1 heterocycles. The number of aromatic amines is 1. The summed E-state index contributed by atoms with van der Waals surface area (Å²) in [6, 6.07) is 8.11. The molecular formula is C20H20F3N5O3. The van der Waals surface area contributed by atoms with Crippen LogP contribution in [0.3, 0.4) is 0 Å². The Bertz CT molecular complexity index is 1110. The van der Waals surface area contributed by atoms with Crippen molar-refractivity contribution in [2.45, 2.75) is 12.6 Å². The number of imidazole rings is 1. The molecule has 4 N–H and O–H groups in total. The molecule has 1 aromatic heterocycles. The molecule has 0 saturated heterocycles. The summed E-state index contributed by atoms with van der Waals surface area (Å²) in [4.78, 5) is 30.9. The van der Waals surface area contributed by atoms with E-state index in [9.17, 15) is 22.8 Å². The molecular weight excluding hydrogens is 415 g/mol. The lowest BCUT2D eigenvalue weighted by atomic mass is 10.1. The van der Waals surface area contributed by atoms with Crippen molar-refractivity contribution in [3.63, 3.8) is 0 Å². The molecule has 8 nitrogen and oxygen atoms in total. The number of carbonyl (C=O) groups is 2. The van der Waals surface area contributed by atoms with Crippen LogP contribution in [0.25, 0.3) is 11.0 Å².